The summed E-state index contributed by atoms with van der Waals surface area (Å²) in [5.74, 6) is -0.236. The van der Waals surface area contributed by atoms with Crippen molar-refractivity contribution in [3.05, 3.63) is 29.8 Å². The monoisotopic (exact) mass is 354 g/mol. The van der Waals surface area contributed by atoms with Crippen LogP contribution < -0.4 is 15.8 Å². The Balaban J connectivity index is 0.00000277. The van der Waals surface area contributed by atoms with Crippen molar-refractivity contribution in [3.8, 4) is 5.75 Å². The quantitative estimate of drug-likeness (QED) is 0.723. The molecule has 0 aromatic heterocycles. The zero-order chi connectivity index (χ0) is 19.6. The molecule has 2 amide bonds. The number of nitrogens with one attached hydrogen (secondary N) is 1. The number of methoxy groups -OCH3 is 1. The molecule has 25 heavy (non-hydrogen) atoms. The Bertz CT molecular complexity index is 537. The summed E-state index contributed by atoms with van der Waals surface area (Å²) in [4.78, 5) is 23.1. The molecular weight excluding hydrogens is 324 g/mol. The number of alkyl carbamates (subject to hydrolysis) is 1. The molecule has 0 saturated carbocycles. The van der Waals surface area contributed by atoms with Gasteiger partial charge >= 0.3 is 6.09 Å². The Hall–Kier alpha value is -2.28. The van der Waals surface area contributed by atoms with Gasteiger partial charge in [-0.1, -0.05) is 26.0 Å². The first-order valence-corrected chi connectivity index (χ1v) is 8.22. The number of aliphatic hydroxyl groups is 1. The van der Waals surface area contributed by atoms with Crippen LogP contribution in [0.3, 0.4) is 0 Å². The lowest BCUT2D eigenvalue weighted by Gasteiger charge is -2.25. The van der Waals surface area contributed by atoms with Crippen LogP contribution in [0.1, 0.15) is 40.2 Å². The molecule has 0 aliphatic rings. The first-order chi connectivity index (χ1) is 11.6. The Morgan fingerprint density at radius 3 is 2.12 bits per heavy atom. The van der Waals surface area contributed by atoms with Crippen LogP contribution >= 0.6 is 0 Å². The van der Waals surface area contributed by atoms with Crippen LogP contribution in [0.15, 0.2) is 24.3 Å². The minimum atomic E-state index is -1.52. The molecule has 2 unspecified atom stereocenters. The van der Waals surface area contributed by atoms with Crippen molar-refractivity contribution in [2.24, 2.45) is 5.73 Å². The number of ether oxygens (including phenoxy) is 2. The van der Waals surface area contributed by atoms with Crippen molar-refractivity contribution >= 4 is 12.0 Å². The molecule has 0 heterocycles. The molecule has 1 aromatic rings. The van der Waals surface area contributed by atoms with Gasteiger partial charge in [-0.3, -0.25) is 4.79 Å². The van der Waals surface area contributed by atoms with Gasteiger partial charge in [0, 0.05) is 0 Å². The number of primary amides is 1. The summed E-state index contributed by atoms with van der Waals surface area (Å²) in [5, 5.41) is 12.4. The molecule has 0 bridgehead atoms. The molecule has 0 fully saturated rings. The molecule has 0 aliphatic carbocycles. The number of nitrogens with two attached hydrogens (primary N) is 1. The van der Waals surface area contributed by atoms with Gasteiger partial charge in [0.25, 0.3) is 0 Å². The maximum Gasteiger partial charge on any atom is 0.407 e. The lowest BCUT2D eigenvalue weighted by atomic mass is 10.0. The van der Waals surface area contributed by atoms with Crippen LogP contribution in [-0.2, 0) is 16.0 Å². The van der Waals surface area contributed by atoms with E-state index < -0.39 is 29.7 Å². The van der Waals surface area contributed by atoms with Gasteiger partial charge in [-0.05, 0) is 44.9 Å². The SMILES string of the molecule is CC.COc1ccc(CC(NC(=O)OC(C)(C)C)C(O)C(N)=O)cc1. The number of aliphatic hydroxyl groups excluding tert-OH is 1. The van der Waals surface area contributed by atoms with Crippen LogP contribution in [0.25, 0.3) is 0 Å². The fourth-order valence-electron chi connectivity index (χ4n) is 1.91. The molecule has 142 valence electrons. The third-order valence-electron chi connectivity index (χ3n) is 2.99. The van der Waals surface area contributed by atoms with Gasteiger partial charge in [0.2, 0.25) is 5.91 Å². The summed E-state index contributed by atoms with van der Waals surface area (Å²) in [6.45, 7) is 9.15. The Kier molecular flexibility index (Phi) is 9.59. The lowest BCUT2D eigenvalue weighted by molar-refractivity contribution is -0.127. The molecule has 7 nitrogen and oxygen atoms in total. The van der Waals surface area contributed by atoms with Crippen molar-refractivity contribution < 1.29 is 24.2 Å². The predicted molar refractivity (Wildman–Crippen MR) is 96.4 cm³/mol. The molecule has 4 N–H and O–H groups in total. The summed E-state index contributed by atoms with van der Waals surface area (Å²) in [7, 11) is 1.55. The summed E-state index contributed by atoms with van der Waals surface area (Å²) in [5.41, 5.74) is 5.25. The van der Waals surface area contributed by atoms with E-state index in [1.807, 2.05) is 13.8 Å². The highest BCUT2D eigenvalue weighted by Gasteiger charge is 2.28. The van der Waals surface area contributed by atoms with Crippen LogP contribution in [0, 0.1) is 0 Å². The zero-order valence-corrected chi connectivity index (χ0v) is 15.8. The molecule has 1 aromatic carbocycles. The van der Waals surface area contributed by atoms with Crippen molar-refractivity contribution in [2.45, 2.75) is 58.8 Å². The Morgan fingerprint density at radius 1 is 1.20 bits per heavy atom. The first kappa shape index (κ1) is 22.7. The van der Waals surface area contributed by atoms with Gasteiger partial charge in [-0.15, -0.1) is 0 Å². The van der Waals surface area contributed by atoms with Crippen LogP contribution in [0.5, 0.6) is 5.75 Å². The van der Waals surface area contributed by atoms with Crippen LogP contribution in [0.2, 0.25) is 0 Å². The molecule has 1 rings (SSSR count). The van der Waals surface area contributed by atoms with Gasteiger partial charge in [-0.25, -0.2) is 4.79 Å². The molecule has 2 atom stereocenters. The van der Waals surface area contributed by atoms with Crippen molar-refractivity contribution in [2.75, 3.05) is 7.11 Å². The van der Waals surface area contributed by atoms with Crippen LogP contribution in [-0.4, -0.2) is 42.0 Å². The second kappa shape index (κ2) is 10.6. The average molecular weight is 354 g/mol. The van der Waals surface area contributed by atoms with E-state index in [0.717, 1.165) is 5.56 Å². The average Bonchev–Trinajstić information content (AvgIpc) is 2.54. The van der Waals surface area contributed by atoms with Crippen molar-refractivity contribution in [1.82, 2.24) is 5.32 Å². The van der Waals surface area contributed by atoms with Gasteiger partial charge in [0.05, 0.1) is 13.2 Å². The fraction of sp³-hybridized carbons (Fsp3) is 0.556. The lowest BCUT2D eigenvalue weighted by Crippen LogP contribution is -2.51. The third kappa shape index (κ3) is 8.95. The number of hydrogen-bond acceptors (Lipinski definition) is 5. The van der Waals surface area contributed by atoms with Crippen LogP contribution in [0.4, 0.5) is 4.79 Å². The molecular formula is C18H30N2O5. The van der Waals surface area contributed by atoms with Gasteiger partial charge < -0.3 is 25.6 Å². The van der Waals surface area contributed by atoms with E-state index >= 15 is 0 Å². The maximum atomic E-state index is 11.9. The second-order valence-corrected chi connectivity index (χ2v) is 6.15. The number of carbonyl (C=O) groups excluding carboxylic acids is 2. The highest BCUT2D eigenvalue weighted by atomic mass is 16.6. The number of benzene rings is 1. The summed E-state index contributed by atoms with van der Waals surface area (Å²) in [6.07, 6.45) is -2.03. The van der Waals surface area contributed by atoms with E-state index in [-0.39, 0.29) is 6.42 Å². The minimum Gasteiger partial charge on any atom is -0.497 e. The Morgan fingerprint density at radius 2 is 1.72 bits per heavy atom. The zero-order valence-electron chi connectivity index (χ0n) is 15.8. The van der Waals surface area contributed by atoms with E-state index in [1.54, 1.807) is 52.1 Å². The van der Waals surface area contributed by atoms with Crippen molar-refractivity contribution in [3.63, 3.8) is 0 Å². The molecule has 7 heteroatoms. The highest BCUT2D eigenvalue weighted by Crippen LogP contribution is 2.14. The highest BCUT2D eigenvalue weighted by molar-refractivity contribution is 5.80. The molecule has 0 spiro atoms. The van der Waals surface area contributed by atoms with Gasteiger partial charge in [0.1, 0.15) is 11.4 Å². The maximum absolute atomic E-state index is 11.9. The standard InChI is InChI=1S/C16H24N2O5.C2H6/c1-16(2,3)23-15(21)18-12(13(19)14(17)20)9-10-5-7-11(22-4)8-6-10;1-2/h5-8,12-13,19H,9H2,1-4H3,(H2,17,20)(H,18,21);1-2H3. The van der Waals surface area contributed by atoms with E-state index in [2.05, 4.69) is 5.32 Å². The smallest absolute Gasteiger partial charge is 0.407 e. The van der Waals surface area contributed by atoms with Crippen molar-refractivity contribution in [1.29, 1.82) is 0 Å². The molecule has 0 radical (unpaired) electrons. The van der Waals surface area contributed by atoms with Gasteiger partial charge in [-0.2, -0.15) is 0 Å². The molecule has 0 aliphatic heterocycles. The number of carbonyl (C=O) groups is 2. The fourth-order valence-corrected chi connectivity index (χ4v) is 1.91. The summed E-state index contributed by atoms with van der Waals surface area (Å²) in [6, 6.07) is 6.15. The summed E-state index contributed by atoms with van der Waals surface area (Å²) >= 11 is 0. The number of rotatable bonds is 6. The number of amides is 2. The largest absolute Gasteiger partial charge is 0.497 e. The van der Waals surface area contributed by atoms with E-state index in [1.165, 1.54) is 0 Å². The normalized spacial score (nSPS) is 12.9. The third-order valence-corrected chi connectivity index (χ3v) is 2.99. The van der Waals surface area contributed by atoms with E-state index in [9.17, 15) is 14.7 Å². The summed E-state index contributed by atoms with van der Waals surface area (Å²) < 4.78 is 10.2. The predicted octanol–water partition coefficient (Wildman–Crippen LogP) is 2.00. The Labute approximate surface area is 149 Å². The van der Waals surface area contributed by atoms with Gasteiger partial charge in [0.15, 0.2) is 6.10 Å². The number of hydrogen-bond donors (Lipinski definition) is 3. The van der Waals surface area contributed by atoms with E-state index in [0.29, 0.717) is 5.75 Å². The second-order valence-electron chi connectivity index (χ2n) is 6.15. The minimum absolute atomic E-state index is 0.216. The molecule has 0 saturated heterocycles. The van der Waals surface area contributed by atoms with E-state index in [4.69, 9.17) is 15.2 Å². The first-order valence-electron chi connectivity index (χ1n) is 8.22. The topological polar surface area (TPSA) is 111 Å².